The molecule has 0 aromatic carbocycles. The minimum Gasteiger partial charge on any atom is -0.364 e. The second-order valence-corrected chi connectivity index (χ2v) is 8.50. The summed E-state index contributed by atoms with van der Waals surface area (Å²) in [4.78, 5) is 42.8. The number of nitro groups is 1. The zero-order valence-corrected chi connectivity index (χ0v) is 18.1. The number of carbonyl (C=O) groups is 2. The van der Waals surface area contributed by atoms with Crippen LogP contribution in [0.1, 0.15) is 32.6 Å². The SMILES string of the molecule is CC(=O)N1CCN(C(=O)C2CCC(CNc3nc(Br)ccc3[N+](=O)[O-])CC2)CC1. The molecule has 1 aliphatic carbocycles. The van der Waals surface area contributed by atoms with Gasteiger partial charge >= 0.3 is 5.69 Å². The number of rotatable bonds is 5. The molecule has 0 atom stereocenters. The lowest BCUT2D eigenvalue weighted by molar-refractivity contribution is -0.384. The van der Waals surface area contributed by atoms with E-state index < -0.39 is 4.92 Å². The number of halogens is 1. The Bertz CT molecular complexity index is 774. The zero-order valence-electron chi connectivity index (χ0n) is 16.5. The van der Waals surface area contributed by atoms with Gasteiger partial charge in [0.25, 0.3) is 0 Å². The van der Waals surface area contributed by atoms with E-state index in [0.717, 1.165) is 25.7 Å². The van der Waals surface area contributed by atoms with E-state index in [1.807, 2.05) is 4.90 Å². The third-order valence-corrected chi connectivity index (χ3v) is 6.27. The lowest BCUT2D eigenvalue weighted by Crippen LogP contribution is -2.51. The minimum absolute atomic E-state index is 0.0356. The summed E-state index contributed by atoms with van der Waals surface area (Å²) in [5.41, 5.74) is -0.0400. The largest absolute Gasteiger partial charge is 0.364 e. The summed E-state index contributed by atoms with van der Waals surface area (Å²) in [6, 6.07) is 2.98. The lowest BCUT2D eigenvalue weighted by atomic mass is 9.81. The first kappa shape index (κ1) is 21.5. The van der Waals surface area contributed by atoms with Crippen molar-refractivity contribution in [2.75, 3.05) is 38.0 Å². The Hall–Kier alpha value is -2.23. The van der Waals surface area contributed by atoms with Crippen molar-refractivity contribution >= 4 is 39.2 Å². The molecule has 3 rings (SSSR count). The van der Waals surface area contributed by atoms with Crippen LogP contribution in [0.15, 0.2) is 16.7 Å². The fourth-order valence-electron chi connectivity index (χ4n) is 4.06. The Morgan fingerprint density at radius 2 is 1.79 bits per heavy atom. The van der Waals surface area contributed by atoms with Crippen LogP contribution in [0.5, 0.6) is 0 Å². The first-order valence-corrected chi connectivity index (χ1v) is 10.7. The van der Waals surface area contributed by atoms with Crippen LogP contribution < -0.4 is 5.32 Å². The molecule has 10 heteroatoms. The third kappa shape index (κ3) is 5.43. The Labute approximate surface area is 178 Å². The standard InChI is InChI=1S/C19H26BrN5O4/c1-13(26)23-8-10-24(11-9-23)19(27)15-4-2-14(3-5-15)12-21-18-16(25(28)29)6-7-17(20)22-18/h6-7,14-15H,2-5,8-12H2,1H3,(H,21,22). The molecule has 1 aromatic heterocycles. The number of hydrogen-bond donors (Lipinski definition) is 1. The van der Waals surface area contributed by atoms with E-state index in [-0.39, 0.29) is 29.2 Å². The van der Waals surface area contributed by atoms with E-state index in [2.05, 4.69) is 26.2 Å². The molecule has 158 valence electrons. The van der Waals surface area contributed by atoms with Gasteiger partial charge in [0.05, 0.1) is 4.92 Å². The van der Waals surface area contributed by atoms with Crippen LogP contribution in [-0.2, 0) is 9.59 Å². The molecular weight excluding hydrogens is 442 g/mol. The molecule has 9 nitrogen and oxygen atoms in total. The topological polar surface area (TPSA) is 109 Å². The number of carbonyl (C=O) groups excluding carboxylic acids is 2. The Morgan fingerprint density at radius 1 is 1.17 bits per heavy atom. The Balaban J connectivity index is 1.46. The van der Waals surface area contributed by atoms with Gasteiger partial charge in [0.15, 0.2) is 0 Å². The number of piperazine rings is 1. The van der Waals surface area contributed by atoms with Crippen LogP contribution in [0.25, 0.3) is 0 Å². The van der Waals surface area contributed by atoms with Gasteiger partial charge in [-0.15, -0.1) is 0 Å². The van der Waals surface area contributed by atoms with E-state index in [1.165, 1.54) is 6.07 Å². The van der Waals surface area contributed by atoms with Crippen molar-refractivity contribution in [3.63, 3.8) is 0 Å². The molecule has 29 heavy (non-hydrogen) atoms. The van der Waals surface area contributed by atoms with Gasteiger partial charge in [-0.25, -0.2) is 4.98 Å². The average Bonchev–Trinajstić information content (AvgIpc) is 2.72. The molecule has 2 aliphatic rings. The summed E-state index contributed by atoms with van der Waals surface area (Å²) < 4.78 is 0.546. The number of nitrogens with zero attached hydrogens (tertiary/aromatic N) is 4. The third-order valence-electron chi connectivity index (χ3n) is 5.83. The summed E-state index contributed by atoms with van der Waals surface area (Å²) in [5, 5.41) is 14.3. The smallest absolute Gasteiger partial charge is 0.311 e. The molecule has 1 aromatic rings. The maximum Gasteiger partial charge on any atom is 0.311 e. The molecule has 1 saturated carbocycles. The maximum absolute atomic E-state index is 12.8. The van der Waals surface area contributed by atoms with Crippen molar-refractivity contribution in [2.24, 2.45) is 11.8 Å². The van der Waals surface area contributed by atoms with Gasteiger partial charge in [-0.2, -0.15) is 0 Å². The fraction of sp³-hybridized carbons (Fsp3) is 0.632. The fourth-order valence-corrected chi connectivity index (χ4v) is 4.37. The highest BCUT2D eigenvalue weighted by atomic mass is 79.9. The van der Waals surface area contributed by atoms with Gasteiger partial charge in [0, 0.05) is 51.6 Å². The van der Waals surface area contributed by atoms with Gasteiger partial charge in [0.2, 0.25) is 17.6 Å². The molecular formula is C19H26BrN5O4. The van der Waals surface area contributed by atoms with Gasteiger partial charge in [-0.05, 0) is 53.6 Å². The number of hydrogen-bond acceptors (Lipinski definition) is 6. The van der Waals surface area contributed by atoms with E-state index in [1.54, 1.807) is 17.9 Å². The molecule has 0 radical (unpaired) electrons. The molecule has 2 amide bonds. The van der Waals surface area contributed by atoms with Crippen LogP contribution in [0.4, 0.5) is 11.5 Å². The van der Waals surface area contributed by atoms with E-state index in [9.17, 15) is 19.7 Å². The number of pyridine rings is 1. The first-order valence-electron chi connectivity index (χ1n) is 9.94. The Morgan fingerprint density at radius 3 is 2.38 bits per heavy atom. The second-order valence-electron chi connectivity index (χ2n) is 7.69. The van der Waals surface area contributed by atoms with Crippen LogP contribution in [0.3, 0.4) is 0 Å². The second kappa shape index (κ2) is 9.51. The molecule has 0 unspecified atom stereocenters. The van der Waals surface area contributed by atoms with Crippen LogP contribution >= 0.6 is 15.9 Å². The maximum atomic E-state index is 12.8. The molecule has 0 spiro atoms. The van der Waals surface area contributed by atoms with Crippen LogP contribution in [0, 0.1) is 22.0 Å². The molecule has 1 saturated heterocycles. The Kier molecular flexibility index (Phi) is 7.05. The van der Waals surface area contributed by atoms with Gasteiger partial charge in [0.1, 0.15) is 4.60 Å². The van der Waals surface area contributed by atoms with Crippen molar-refractivity contribution in [1.29, 1.82) is 0 Å². The van der Waals surface area contributed by atoms with Gasteiger partial charge in [-0.3, -0.25) is 19.7 Å². The van der Waals surface area contributed by atoms with E-state index >= 15 is 0 Å². The molecule has 2 fully saturated rings. The zero-order chi connectivity index (χ0) is 21.0. The number of aromatic nitrogens is 1. The molecule has 1 N–H and O–H groups in total. The predicted octanol–water partition coefficient (Wildman–Crippen LogP) is 2.66. The lowest BCUT2D eigenvalue weighted by Gasteiger charge is -2.37. The van der Waals surface area contributed by atoms with Crippen LogP contribution in [0.2, 0.25) is 0 Å². The predicted molar refractivity (Wildman–Crippen MR) is 111 cm³/mol. The van der Waals surface area contributed by atoms with Crippen molar-refractivity contribution in [1.82, 2.24) is 14.8 Å². The number of anilines is 1. The van der Waals surface area contributed by atoms with Crippen LogP contribution in [-0.4, -0.2) is 64.2 Å². The summed E-state index contributed by atoms with van der Waals surface area (Å²) in [7, 11) is 0. The summed E-state index contributed by atoms with van der Waals surface area (Å²) >= 11 is 3.25. The highest BCUT2D eigenvalue weighted by Crippen LogP contribution is 2.31. The van der Waals surface area contributed by atoms with Crippen molar-refractivity contribution in [3.8, 4) is 0 Å². The first-order chi connectivity index (χ1) is 13.8. The van der Waals surface area contributed by atoms with Gasteiger partial charge in [-0.1, -0.05) is 0 Å². The quantitative estimate of drug-likeness (QED) is 0.405. The van der Waals surface area contributed by atoms with Crippen molar-refractivity contribution in [3.05, 3.63) is 26.9 Å². The monoisotopic (exact) mass is 467 g/mol. The summed E-state index contributed by atoms with van der Waals surface area (Å²) in [6.07, 6.45) is 3.45. The normalized spacial score (nSPS) is 22.3. The highest BCUT2D eigenvalue weighted by molar-refractivity contribution is 9.10. The van der Waals surface area contributed by atoms with Crippen molar-refractivity contribution in [2.45, 2.75) is 32.6 Å². The van der Waals surface area contributed by atoms with E-state index in [0.29, 0.717) is 43.2 Å². The molecule has 0 bridgehead atoms. The average molecular weight is 468 g/mol. The minimum atomic E-state index is -0.441. The highest BCUT2D eigenvalue weighted by Gasteiger charge is 2.31. The molecule has 1 aliphatic heterocycles. The number of amides is 2. The van der Waals surface area contributed by atoms with Crippen molar-refractivity contribution < 1.29 is 14.5 Å². The molecule has 2 heterocycles. The number of nitrogens with one attached hydrogen (secondary N) is 1. The van der Waals surface area contributed by atoms with E-state index in [4.69, 9.17) is 0 Å². The van der Waals surface area contributed by atoms with Gasteiger partial charge < -0.3 is 15.1 Å². The summed E-state index contributed by atoms with van der Waals surface area (Å²) in [6.45, 7) is 4.60. The summed E-state index contributed by atoms with van der Waals surface area (Å²) in [5.74, 6) is 0.919.